The molecule has 1 fully saturated rings. The number of hydrogen-bond acceptors (Lipinski definition) is 3. The van der Waals surface area contributed by atoms with Crippen LogP contribution in [-0.2, 0) is 0 Å². The van der Waals surface area contributed by atoms with Gasteiger partial charge in [0.25, 0.3) is 0 Å². The first-order chi connectivity index (χ1) is 8.15. The van der Waals surface area contributed by atoms with Gasteiger partial charge in [-0.05, 0) is 31.9 Å². The van der Waals surface area contributed by atoms with E-state index in [4.69, 9.17) is 9.47 Å². The fourth-order valence-electron chi connectivity index (χ4n) is 2.74. The van der Waals surface area contributed by atoms with Crippen molar-refractivity contribution in [3.05, 3.63) is 23.8 Å². The molecule has 2 rings (SSSR count). The van der Waals surface area contributed by atoms with Crippen molar-refractivity contribution in [1.29, 1.82) is 0 Å². The molecular weight excluding hydrogens is 214 g/mol. The van der Waals surface area contributed by atoms with E-state index < -0.39 is 0 Å². The SMILES string of the molecule is COc1ccc(C2CC(C)NC2C)c(OC)c1. The van der Waals surface area contributed by atoms with Crippen LogP contribution in [-0.4, -0.2) is 26.3 Å². The van der Waals surface area contributed by atoms with Crippen LogP contribution < -0.4 is 14.8 Å². The molecule has 1 heterocycles. The summed E-state index contributed by atoms with van der Waals surface area (Å²) >= 11 is 0. The Balaban J connectivity index is 2.31. The second-order valence-electron chi connectivity index (χ2n) is 4.81. The van der Waals surface area contributed by atoms with E-state index in [0.29, 0.717) is 18.0 Å². The van der Waals surface area contributed by atoms with Crippen LogP contribution in [0.4, 0.5) is 0 Å². The molecule has 94 valence electrons. The molecule has 3 heteroatoms. The van der Waals surface area contributed by atoms with Crippen molar-refractivity contribution in [2.24, 2.45) is 0 Å². The first kappa shape index (κ1) is 12.2. The Kier molecular flexibility index (Phi) is 3.57. The average Bonchev–Trinajstić information content (AvgIpc) is 2.67. The van der Waals surface area contributed by atoms with Crippen LogP contribution in [0, 0.1) is 0 Å². The molecule has 1 saturated heterocycles. The van der Waals surface area contributed by atoms with Gasteiger partial charge in [0, 0.05) is 24.1 Å². The van der Waals surface area contributed by atoms with E-state index in [9.17, 15) is 0 Å². The molecule has 0 aliphatic carbocycles. The molecule has 1 aliphatic heterocycles. The molecule has 17 heavy (non-hydrogen) atoms. The normalized spacial score (nSPS) is 28.1. The minimum absolute atomic E-state index is 0.493. The second kappa shape index (κ2) is 4.96. The lowest BCUT2D eigenvalue weighted by molar-refractivity contribution is 0.387. The largest absolute Gasteiger partial charge is 0.497 e. The summed E-state index contributed by atoms with van der Waals surface area (Å²) in [7, 11) is 3.39. The van der Waals surface area contributed by atoms with E-state index in [0.717, 1.165) is 17.9 Å². The third kappa shape index (κ3) is 2.39. The summed E-state index contributed by atoms with van der Waals surface area (Å²) in [5.41, 5.74) is 1.28. The number of ether oxygens (including phenoxy) is 2. The molecule has 0 aromatic heterocycles. The lowest BCUT2D eigenvalue weighted by atomic mass is 9.91. The van der Waals surface area contributed by atoms with Gasteiger partial charge in [-0.3, -0.25) is 0 Å². The molecule has 1 aromatic rings. The van der Waals surface area contributed by atoms with Gasteiger partial charge in [0.05, 0.1) is 14.2 Å². The maximum absolute atomic E-state index is 5.48. The second-order valence-corrected chi connectivity index (χ2v) is 4.81. The van der Waals surface area contributed by atoms with Gasteiger partial charge >= 0.3 is 0 Å². The monoisotopic (exact) mass is 235 g/mol. The summed E-state index contributed by atoms with van der Waals surface area (Å²) in [5, 5.41) is 3.56. The number of nitrogens with one attached hydrogen (secondary N) is 1. The highest BCUT2D eigenvalue weighted by molar-refractivity contribution is 5.43. The van der Waals surface area contributed by atoms with Gasteiger partial charge in [0.2, 0.25) is 0 Å². The predicted molar refractivity (Wildman–Crippen MR) is 69.0 cm³/mol. The summed E-state index contributed by atoms with van der Waals surface area (Å²) in [6.07, 6.45) is 1.16. The number of benzene rings is 1. The molecule has 0 amide bonds. The van der Waals surface area contributed by atoms with Gasteiger partial charge in [-0.15, -0.1) is 0 Å². The number of hydrogen-bond donors (Lipinski definition) is 1. The van der Waals surface area contributed by atoms with Gasteiger partial charge in [-0.25, -0.2) is 0 Å². The molecule has 3 nitrogen and oxygen atoms in total. The average molecular weight is 235 g/mol. The molecule has 0 saturated carbocycles. The fraction of sp³-hybridized carbons (Fsp3) is 0.571. The summed E-state index contributed by atoms with van der Waals surface area (Å²) in [6, 6.07) is 7.16. The summed E-state index contributed by atoms with van der Waals surface area (Å²) < 4.78 is 10.7. The lowest BCUT2D eigenvalue weighted by Crippen LogP contribution is -2.26. The molecule has 1 N–H and O–H groups in total. The lowest BCUT2D eigenvalue weighted by Gasteiger charge is -2.19. The van der Waals surface area contributed by atoms with Crippen molar-refractivity contribution in [2.75, 3.05) is 14.2 Å². The Morgan fingerprint density at radius 2 is 1.94 bits per heavy atom. The zero-order valence-electron chi connectivity index (χ0n) is 11.0. The number of rotatable bonds is 3. The van der Waals surface area contributed by atoms with E-state index in [-0.39, 0.29) is 0 Å². The van der Waals surface area contributed by atoms with E-state index in [1.807, 2.05) is 12.1 Å². The Morgan fingerprint density at radius 3 is 2.47 bits per heavy atom. The van der Waals surface area contributed by atoms with Gasteiger partial charge < -0.3 is 14.8 Å². The molecule has 3 unspecified atom stereocenters. The quantitative estimate of drug-likeness (QED) is 0.873. The first-order valence-electron chi connectivity index (χ1n) is 6.13. The van der Waals surface area contributed by atoms with Crippen molar-refractivity contribution < 1.29 is 9.47 Å². The first-order valence-corrected chi connectivity index (χ1v) is 6.13. The van der Waals surface area contributed by atoms with Crippen LogP contribution >= 0.6 is 0 Å². The zero-order valence-corrected chi connectivity index (χ0v) is 11.0. The standard InChI is InChI=1S/C14H21NO2/c1-9-7-13(10(2)15-9)12-6-5-11(16-3)8-14(12)17-4/h5-6,8-10,13,15H,7H2,1-4H3. The Bertz CT molecular complexity index is 392. The van der Waals surface area contributed by atoms with Crippen LogP contribution in [0.15, 0.2) is 18.2 Å². The van der Waals surface area contributed by atoms with E-state index in [2.05, 4.69) is 25.2 Å². The highest BCUT2D eigenvalue weighted by Gasteiger charge is 2.31. The molecule has 1 aliphatic rings. The maximum atomic E-state index is 5.48. The predicted octanol–water partition coefficient (Wildman–Crippen LogP) is 2.56. The van der Waals surface area contributed by atoms with E-state index in [1.165, 1.54) is 5.56 Å². The Morgan fingerprint density at radius 1 is 1.18 bits per heavy atom. The minimum atomic E-state index is 0.493. The van der Waals surface area contributed by atoms with Crippen LogP contribution in [0.2, 0.25) is 0 Å². The zero-order chi connectivity index (χ0) is 12.4. The van der Waals surface area contributed by atoms with Gasteiger partial charge in [0.15, 0.2) is 0 Å². The fourth-order valence-corrected chi connectivity index (χ4v) is 2.74. The number of methoxy groups -OCH3 is 2. The highest BCUT2D eigenvalue weighted by atomic mass is 16.5. The summed E-state index contributed by atoms with van der Waals surface area (Å²) in [6.45, 7) is 4.46. The van der Waals surface area contributed by atoms with Gasteiger partial charge in [-0.1, -0.05) is 6.07 Å². The van der Waals surface area contributed by atoms with Gasteiger partial charge in [0.1, 0.15) is 11.5 Å². The molecule has 0 spiro atoms. The van der Waals surface area contributed by atoms with Crippen LogP contribution in [0.5, 0.6) is 11.5 Å². The summed E-state index contributed by atoms with van der Waals surface area (Å²) in [4.78, 5) is 0. The highest BCUT2D eigenvalue weighted by Crippen LogP contribution is 2.37. The molecular formula is C14H21NO2. The summed E-state index contributed by atoms with van der Waals surface area (Å²) in [5.74, 6) is 2.29. The van der Waals surface area contributed by atoms with E-state index in [1.54, 1.807) is 14.2 Å². The Hall–Kier alpha value is -1.22. The third-order valence-electron chi connectivity index (χ3n) is 3.60. The van der Waals surface area contributed by atoms with Gasteiger partial charge in [-0.2, -0.15) is 0 Å². The van der Waals surface area contributed by atoms with Crippen LogP contribution in [0.1, 0.15) is 31.7 Å². The third-order valence-corrected chi connectivity index (χ3v) is 3.60. The molecule has 0 bridgehead atoms. The van der Waals surface area contributed by atoms with Crippen molar-refractivity contribution in [3.8, 4) is 11.5 Å². The van der Waals surface area contributed by atoms with E-state index >= 15 is 0 Å². The maximum Gasteiger partial charge on any atom is 0.126 e. The van der Waals surface area contributed by atoms with Crippen LogP contribution in [0.25, 0.3) is 0 Å². The smallest absolute Gasteiger partial charge is 0.126 e. The van der Waals surface area contributed by atoms with Crippen molar-refractivity contribution >= 4 is 0 Å². The topological polar surface area (TPSA) is 30.5 Å². The molecule has 0 radical (unpaired) electrons. The van der Waals surface area contributed by atoms with Crippen molar-refractivity contribution in [1.82, 2.24) is 5.32 Å². The van der Waals surface area contributed by atoms with Crippen molar-refractivity contribution in [2.45, 2.75) is 38.3 Å². The molecule has 3 atom stereocenters. The Labute approximate surface area is 103 Å². The molecule has 1 aromatic carbocycles. The van der Waals surface area contributed by atoms with Crippen molar-refractivity contribution in [3.63, 3.8) is 0 Å². The van der Waals surface area contributed by atoms with Crippen LogP contribution in [0.3, 0.4) is 0 Å². The minimum Gasteiger partial charge on any atom is -0.497 e.